The van der Waals surface area contributed by atoms with Crippen molar-refractivity contribution >= 4 is 5.91 Å². The van der Waals surface area contributed by atoms with Crippen molar-refractivity contribution < 1.29 is 4.79 Å². The molecule has 2 fully saturated rings. The summed E-state index contributed by atoms with van der Waals surface area (Å²) in [5.41, 5.74) is 5.94. The van der Waals surface area contributed by atoms with E-state index in [4.69, 9.17) is 5.73 Å². The van der Waals surface area contributed by atoms with E-state index in [2.05, 4.69) is 24.2 Å². The molecule has 1 amide bonds. The minimum atomic E-state index is 0.195. The maximum Gasteiger partial charge on any atom is 0.234 e. The van der Waals surface area contributed by atoms with Gasteiger partial charge in [-0.25, -0.2) is 0 Å². The molecule has 0 heterocycles. The molecule has 116 valence electrons. The largest absolute Gasteiger partial charge is 0.352 e. The Bertz CT molecular complexity index is 313. The standard InChI is InChI=1S/C16H31N3O/c1-12-5-3-4-6-15(12)18-16(20)11-19(2)14-9-7-13(17)8-10-14/h12-15H,3-11,17H2,1-2H3,(H,18,20). The summed E-state index contributed by atoms with van der Waals surface area (Å²) in [5, 5.41) is 3.24. The van der Waals surface area contributed by atoms with Gasteiger partial charge in [0.25, 0.3) is 0 Å². The summed E-state index contributed by atoms with van der Waals surface area (Å²) in [6.07, 6.45) is 9.42. The van der Waals surface area contributed by atoms with Gasteiger partial charge in [0.2, 0.25) is 5.91 Å². The van der Waals surface area contributed by atoms with Crippen LogP contribution in [0.2, 0.25) is 0 Å². The number of carbonyl (C=O) groups is 1. The van der Waals surface area contributed by atoms with Crippen molar-refractivity contribution in [3.8, 4) is 0 Å². The molecule has 0 saturated heterocycles. The predicted octanol–water partition coefficient (Wildman–Crippen LogP) is 1.88. The van der Waals surface area contributed by atoms with Gasteiger partial charge >= 0.3 is 0 Å². The SMILES string of the molecule is CC1CCCCC1NC(=O)CN(C)C1CCC(N)CC1. The number of amides is 1. The summed E-state index contributed by atoms with van der Waals surface area (Å²) in [7, 11) is 2.07. The van der Waals surface area contributed by atoms with E-state index < -0.39 is 0 Å². The third-order valence-electron chi connectivity index (χ3n) is 5.22. The van der Waals surface area contributed by atoms with Crippen molar-refractivity contribution in [1.29, 1.82) is 0 Å². The molecule has 0 spiro atoms. The molecule has 0 aromatic carbocycles. The highest BCUT2D eigenvalue weighted by atomic mass is 16.2. The summed E-state index contributed by atoms with van der Waals surface area (Å²) in [6.45, 7) is 2.79. The molecule has 0 aromatic heterocycles. The molecular weight excluding hydrogens is 250 g/mol. The topological polar surface area (TPSA) is 58.4 Å². The van der Waals surface area contributed by atoms with Crippen LogP contribution in [-0.2, 0) is 4.79 Å². The molecule has 20 heavy (non-hydrogen) atoms. The smallest absolute Gasteiger partial charge is 0.234 e. The van der Waals surface area contributed by atoms with Crippen LogP contribution in [0.25, 0.3) is 0 Å². The fraction of sp³-hybridized carbons (Fsp3) is 0.938. The van der Waals surface area contributed by atoms with Crippen LogP contribution in [0.4, 0.5) is 0 Å². The first-order valence-electron chi connectivity index (χ1n) is 8.31. The van der Waals surface area contributed by atoms with Crippen LogP contribution in [0.5, 0.6) is 0 Å². The Morgan fingerprint density at radius 1 is 1.15 bits per heavy atom. The fourth-order valence-electron chi connectivity index (χ4n) is 3.68. The average molecular weight is 281 g/mol. The lowest BCUT2D eigenvalue weighted by Gasteiger charge is -2.34. The molecule has 0 aliphatic heterocycles. The Balaban J connectivity index is 1.73. The van der Waals surface area contributed by atoms with Crippen LogP contribution < -0.4 is 11.1 Å². The molecule has 0 bridgehead atoms. The Morgan fingerprint density at radius 3 is 2.45 bits per heavy atom. The van der Waals surface area contributed by atoms with Crippen LogP contribution >= 0.6 is 0 Å². The highest BCUT2D eigenvalue weighted by Crippen LogP contribution is 2.24. The van der Waals surface area contributed by atoms with Crippen LogP contribution in [-0.4, -0.2) is 42.5 Å². The predicted molar refractivity (Wildman–Crippen MR) is 82.4 cm³/mol. The first kappa shape index (κ1) is 15.8. The zero-order chi connectivity index (χ0) is 14.5. The van der Waals surface area contributed by atoms with Crippen LogP contribution in [0.15, 0.2) is 0 Å². The number of likely N-dealkylation sites (N-methyl/N-ethyl adjacent to an activating group) is 1. The van der Waals surface area contributed by atoms with E-state index in [9.17, 15) is 4.79 Å². The number of hydrogen-bond acceptors (Lipinski definition) is 3. The molecule has 2 rings (SSSR count). The summed E-state index contributed by atoms with van der Waals surface area (Å²) in [4.78, 5) is 14.4. The minimum Gasteiger partial charge on any atom is -0.352 e. The third kappa shape index (κ3) is 4.45. The van der Waals surface area contributed by atoms with Gasteiger partial charge in [0.15, 0.2) is 0 Å². The Labute approximate surface area is 123 Å². The lowest BCUT2D eigenvalue weighted by atomic mass is 9.86. The van der Waals surface area contributed by atoms with E-state index in [1.165, 1.54) is 19.3 Å². The molecule has 2 atom stereocenters. The lowest BCUT2D eigenvalue weighted by Crippen LogP contribution is -2.48. The monoisotopic (exact) mass is 281 g/mol. The zero-order valence-corrected chi connectivity index (χ0v) is 13.1. The Hall–Kier alpha value is -0.610. The van der Waals surface area contributed by atoms with Gasteiger partial charge in [-0.2, -0.15) is 0 Å². The highest BCUT2D eigenvalue weighted by Gasteiger charge is 2.26. The lowest BCUT2D eigenvalue weighted by molar-refractivity contribution is -0.123. The van der Waals surface area contributed by atoms with Gasteiger partial charge < -0.3 is 11.1 Å². The number of nitrogens with two attached hydrogens (primary N) is 1. The van der Waals surface area contributed by atoms with Crippen LogP contribution in [0.1, 0.15) is 58.3 Å². The molecule has 2 unspecified atom stereocenters. The second kappa shape index (κ2) is 7.41. The first-order valence-corrected chi connectivity index (χ1v) is 8.31. The second-order valence-corrected chi connectivity index (χ2v) is 6.92. The third-order valence-corrected chi connectivity index (χ3v) is 5.22. The van der Waals surface area contributed by atoms with Crippen LogP contribution in [0.3, 0.4) is 0 Å². The fourth-order valence-corrected chi connectivity index (χ4v) is 3.68. The Morgan fingerprint density at radius 2 is 1.80 bits per heavy atom. The highest BCUT2D eigenvalue weighted by molar-refractivity contribution is 5.78. The van der Waals surface area contributed by atoms with Crippen molar-refractivity contribution in [2.75, 3.05) is 13.6 Å². The summed E-state index contributed by atoms with van der Waals surface area (Å²) in [5.74, 6) is 0.826. The van der Waals surface area contributed by atoms with Gasteiger partial charge in [0, 0.05) is 18.1 Å². The molecular formula is C16H31N3O. The maximum atomic E-state index is 12.2. The second-order valence-electron chi connectivity index (χ2n) is 6.92. The summed E-state index contributed by atoms with van der Waals surface area (Å²) >= 11 is 0. The van der Waals surface area contributed by atoms with Crippen molar-refractivity contribution in [3.63, 3.8) is 0 Å². The quantitative estimate of drug-likeness (QED) is 0.827. The molecule has 2 aliphatic rings. The number of nitrogens with zero attached hydrogens (tertiary/aromatic N) is 1. The van der Waals surface area contributed by atoms with Crippen molar-refractivity contribution in [1.82, 2.24) is 10.2 Å². The molecule has 2 saturated carbocycles. The van der Waals surface area contributed by atoms with Gasteiger partial charge in [-0.15, -0.1) is 0 Å². The molecule has 3 N–H and O–H groups in total. The first-order chi connectivity index (χ1) is 9.56. The van der Waals surface area contributed by atoms with E-state index in [1.807, 2.05) is 0 Å². The van der Waals surface area contributed by atoms with Gasteiger partial charge in [0.1, 0.15) is 0 Å². The van der Waals surface area contributed by atoms with Gasteiger partial charge in [-0.3, -0.25) is 9.69 Å². The number of carbonyl (C=O) groups excluding carboxylic acids is 1. The normalized spacial score (nSPS) is 35.0. The zero-order valence-electron chi connectivity index (χ0n) is 13.1. The van der Waals surface area contributed by atoms with E-state index in [0.717, 1.165) is 32.1 Å². The van der Waals surface area contributed by atoms with E-state index in [0.29, 0.717) is 30.6 Å². The number of rotatable bonds is 4. The van der Waals surface area contributed by atoms with Crippen LogP contribution in [0, 0.1) is 5.92 Å². The summed E-state index contributed by atoms with van der Waals surface area (Å²) in [6, 6.07) is 1.30. The van der Waals surface area contributed by atoms with E-state index in [-0.39, 0.29) is 5.91 Å². The summed E-state index contributed by atoms with van der Waals surface area (Å²) < 4.78 is 0. The van der Waals surface area contributed by atoms with Crippen molar-refractivity contribution in [2.45, 2.75) is 76.4 Å². The molecule has 4 heteroatoms. The average Bonchev–Trinajstić information content (AvgIpc) is 2.42. The molecule has 2 aliphatic carbocycles. The number of nitrogens with one attached hydrogen (secondary N) is 1. The van der Waals surface area contributed by atoms with E-state index >= 15 is 0 Å². The van der Waals surface area contributed by atoms with Gasteiger partial charge in [-0.1, -0.05) is 19.8 Å². The van der Waals surface area contributed by atoms with E-state index in [1.54, 1.807) is 0 Å². The number of hydrogen-bond donors (Lipinski definition) is 2. The van der Waals surface area contributed by atoms with Crippen molar-refractivity contribution in [2.24, 2.45) is 11.7 Å². The van der Waals surface area contributed by atoms with Gasteiger partial charge in [0.05, 0.1) is 6.54 Å². The van der Waals surface area contributed by atoms with Gasteiger partial charge in [-0.05, 0) is 51.5 Å². The molecule has 4 nitrogen and oxygen atoms in total. The minimum absolute atomic E-state index is 0.195. The maximum absolute atomic E-state index is 12.2. The Kier molecular flexibility index (Phi) is 5.85. The van der Waals surface area contributed by atoms with Crippen molar-refractivity contribution in [3.05, 3.63) is 0 Å². The molecule has 0 radical (unpaired) electrons. The molecule has 0 aromatic rings.